The summed E-state index contributed by atoms with van der Waals surface area (Å²) in [5.74, 6) is -0.822. The zero-order valence-corrected chi connectivity index (χ0v) is 12.4. The number of rotatable bonds is 7. The number of anilines is 1. The molecule has 0 aromatic heterocycles. The van der Waals surface area contributed by atoms with Crippen LogP contribution in [0.25, 0.3) is 0 Å². The fraction of sp³-hybridized carbons (Fsp3) is 0.533. The van der Waals surface area contributed by atoms with Crippen molar-refractivity contribution in [2.45, 2.75) is 32.7 Å². The van der Waals surface area contributed by atoms with E-state index >= 15 is 0 Å². The van der Waals surface area contributed by atoms with E-state index in [2.05, 4.69) is 31.1 Å². The highest BCUT2D eigenvalue weighted by atomic mass is 19.1. The van der Waals surface area contributed by atoms with Crippen molar-refractivity contribution in [2.75, 3.05) is 25.9 Å². The molecule has 4 nitrogen and oxygen atoms in total. The molecule has 3 N–H and O–H groups in total. The molecule has 0 unspecified atom stereocenters. The minimum absolute atomic E-state index is 0.0540. The highest BCUT2D eigenvalue weighted by molar-refractivity contribution is 5.94. The molecule has 0 aliphatic rings. The summed E-state index contributed by atoms with van der Waals surface area (Å²) < 4.78 is 13.2. The summed E-state index contributed by atoms with van der Waals surface area (Å²) in [4.78, 5) is 14.0. The van der Waals surface area contributed by atoms with E-state index in [9.17, 15) is 9.18 Å². The van der Waals surface area contributed by atoms with Gasteiger partial charge in [0.25, 0.3) is 5.91 Å². The van der Waals surface area contributed by atoms with Crippen molar-refractivity contribution in [3.05, 3.63) is 29.6 Å². The first kappa shape index (κ1) is 16.4. The molecule has 0 fully saturated rings. The van der Waals surface area contributed by atoms with E-state index in [4.69, 9.17) is 5.73 Å². The van der Waals surface area contributed by atoms with Gasteiger partial charge in [0.2, 0.25) is 0 Å². The van der Waals surface area contributed by atoms with Gasteiger partial charge in [-0.2, -0.15) is 0 Å². The van der Waals surface area contributed by atoms with E-state index in [0.29, 0.717) is 18.2 Å². The van der Waals surface area contributed by atoms with Crippen LogP contribution in [0.5, 0.6) is 0 Å². The first-order valence-electron chi connectivity index (χ1n) is 6.95. The number of unbranched alkanes of at least 4 members (excludes halogenated alkanes) is 1. The standard InChI is InChI=1S/C15H24FN3O/c1-11(2)19(3)9-5-4-8-18-15(20)12-6-7-14(17)13(16)10-12/h6-7,10-11H,4-5,8-9,17H2,1-3H3,(H,18,20). The van der Waals surface area contributed by atoms with Crippen molar-refractivity contribution in [2.24, 2.45) is 0 Å². The molecule has 0 heterocycles. The number of amides is 1. The molecule has 0 bridgehead atoms. The van der Waals surface area contributed by atoms with Crippen molar-refractivity contribution in [3.63, 3.8) is 0 Å². The molecule has 0 radical (unpaired) electrons. The van der Waals surface area contributed by atoms with Crippen molar-refractivity contribution in [3.8, 4) is 0 Å². The van der Waals surface area contributed by atoms with Crippen molar-refractivity contribution in [1.29, 1.82) is 0 Å². The number of nitrogens with zero attached hydrogens (tertiary/aromatic N) is 1. The zero-order valence-electron chi connectivity index (χ0n) is 12.4. The zero-order chi connectivity index (χ0) is 15.1. The van der Waals surface area contributed by atoms with Crippen LogP contribution in [-0.4, -0.2) is 37.0 Å². The second-order valence-corrected chi connectivity index (χ2v) is 5.27. The van der Waals surface area contributed by atoms with Crippen LogP contribution in [0.3, 0.4) is 0 Å². The van der Waals surface area contributed by atoms with Gasteiger partial charge in [0.05, 0.1) is 5.69 Å². The number of halogens is 1. The lowest BCUT2D eigenvalue weighted by Gasteiger charge is -2.20. The Labute approximate surface area is 120 Å². The summed E-state index contributed by atoms with van der Waals surface area (Å²) >= 11 is 0. The molecule has 0 aliphatic heterocycles. The Morgan fingerprint density at radius 2 is 2.10 bits per heavy atom. The summed E-state index contributed by atoms with van der Waals surface area (Å²) in [5.41, 5.74) is 5.73. The maximum atomic E-state index is 13.2. The summed E-state index contributed by atoms with van der Waals surface area (Å²) in [5, 5.41) is 2.78. The predicted octanol–water partition coefficient (Wildman–Crippen LogP) is 2.26. The average molecular weight is 281 g/mol. The summed E-state index contributed by atoms with van der Waals surface area (Å²) in [6.07, 6.45) is 1.92. The summed E-state index contributed by atoms with van der Waals surface area (Å²) in [7, 11) is 2.08. The predicted molar refractivity (Wildman–Crippen MR) is 80.1 cm³/mol. The van der Waals surface area contributed by atoms with Gasteiger partial charge in [-0.1, -0.05) is 0 Å². The van der Waals surface area contributed by atoms with Gasteiger partial charge in [0.1, 0.15) is 5.82 Å². The number of nitrogens with two attached hydrogens (primary N) is 1. The van der Waals surface area contributed by atoms with Crippen molar-refractivity contribution >= 4 is 11.6 Å². The van der Waals surface area contributed by atoms with Crippen LogP contribution >= 0.6 is 0 Å². The summed E-state index contributed by atoms with van der Waals surface area (Å²) in [6, 6.07) is 4.63. The molecular weight excluding hydrogens is 257 g/mol. The molecule has 0 aliphatic carbocycles. The number of carbonyl (C=O) groups is 1. The number of carbonyl (C=O) groups excluding carboxylic acids is 1. The first-order valence-corrected chi connectivity index (χ1v) is 6.95. The minimum Gasteiger partial charge on any atom is -0.396 e. The molecule has 112 valence electrons. The fourth-order valence-electron chi connectivity index (χ4n) is 1.72. The molecule has 0 saturated heterocycles. The maximum absolute atomic E-state index is 13.2. The van der Waals surface area contributed by atoms with Crippen LogP contribution in [0.15, 0.2) is 18.2 Å². The Morgan fingerprint density at radius 1 is 1.40 bits per heavy atom. The summed E-state index contributed by atoms with van der Waals surface area (Å²) in [6.45, 7) is 5.90. The van der Waals surface area contributed by atoms with Crippen LogP contribution < -0.4 is 11.1 Å². The van der Waals surface area contributed by atoms with Crippen LogP contribution in [0.1, 0.15) is 37.0 Å². The van der Waals surface area contributed by atoms with Crippen molar-refractivity contribution < 1.29 is 9.18 Å². The Bertz CT molecular complexity index is 449. The quantitative estimate of drug-likeness (QED) is 0.595. The third-order valence-electron chi connectivity index (χ3n) is 3.37. The van der Waals surface area contributed by atoms with E-state index in [-0.39, 0.29) is 11.6 Å². The molecule has 0 saturated carbocycles. The highest BCUT2D eigenvalue weighted by Crippen LogP contribution is 2.11. The normalized spacial score (nSPS) is 11.1. The number of nitrogen functional groups attached to an aromatic ring is 1. The lowest BCUT2D eigenvalue weighted by molar-refractivity contribution is 0.0952. The van der Waals surface area contributed by atoms with Crippen LogP contribution in [0.2, 0.25) is 0 Å². The largest absolute Gasteiger partial charge is 0.396 e. The molecule has 20 heavy (non-hydrogen) atoms. The van der Waals surface area contributed by atoms with Crippen LogP contribution in [-0.2, 0) is 0 Å². The van der Waals surface area contributed by atoms with Gasteiger partial charge in [-0.15, -0.1) is 0 Å². The molecule has 1 aromatic carbocycles. The lowest BCUT2D eigenvalue weighted by Crippen LogP contribution is -2.29. The second-order valence-electron chi connectivity index (χ2n) is 5.27. The number of benzene rings is 1. The van der Waals surface area contributed by atoms with Gasteiger partial charge in [0, 0.05) is 18.2 Å². The molecular formula is C15H24FN3O. The van der Waals surface area contributed by atoms with Gasteiger partial charge >= 0.3 is 0 Å². The lowest BCUT2D eigenvalue weighted by atomic mass is 10.2. The monoisotopic (exact) mass is 281 g/mol. The van der Waals surface area contributed by atoms with Crippen LogP contribution in [0, 0.1) is 5.82 Å². The maximum Gasteiger partial charge on any atom is 0.251 e. The fourth-order valence-corrected chi connectivity index (χ4v) is 1.72. The van der Waals surface area contributed by atoms with Crippen molar-refractivity contribution in [1.82, 2.24) is 10.2 Å². The number of nitrogens with one attached hydrogen (secondary N) is 1. The molecule has 1 aromatic rings. The van der Waals surface area contributed by atoms with Gasteiger partial charge in [-0.25, -0.2) is 4.39 Å². The SMILES string of the molecule is CC(C)N(C)CCCCNC(=O)c1ccc(N)c(F)c1. The minimum atomic E-state index is -0.559. The Kier molecular flexibility index (Phi) is 6.45. The van der Waals surface area contributed by atoms with Crippen LogP contribution in [0.4, 0.5) is 10.1 Å². The van der Waals surface area contributed by atoms with E-state index < -0.39 is 5.82 Å². The second kappa shape index (κ2) is 7.85. The first-order chi connectivity index (χ1) is 9.41. The number of hydrogen-bond donors (Lipinski definition) is 2. The smallest absolute Gasteiger partial charge is 0.251 e. The third-order valence-corrected chi connectivity index (χ3v) is 3.37. The van der Waals surface area contributed by atoms with Gasteiger partial charge < -0.3 is 16.0 Å². The molecule has 0 atom stereocenters. The van der Waals surface area contributed by atoms with E-state index in [1.807, 2.05) is 0 Å². The molecule has 1 rings (SSSR count). The molecule has 5 heteroatoms. The average Bonchev–Trinajstić information content (AvgIpc) is 2.40. The Morgan fingerprint density at radius 3 is 2.70 bits per heavy atom. The molecule has 0 spiro atoms. The van der Waals surface area contributed by atoms with E-state index in [0.717, 1.165) is 25.5 Å². The van der Waals surface area contributed by atoms with Gasteiger partial charge in [-0.05, 0) is 58.5 Å². The Balaban J connectivity index is 2.28. The number of hydrogen-bond acceptors (Lipinski definition) is 3. The highest BCUT2D eigenvalue weighted by Gasteiger charge is 2.08. The van der Waals surface area contributed by atoms with Gasteiger partial charge in [0.15, 0.2) is 0 Å². The van der Waals surface area contributed by atoms with E-state index in [1.165, 1.54) is 12.1 Å². The van der Waals surface area contributed by atoms with E-state index in [1.54, 1.807) is 0 Å². The Hall–Kier alpha value is -1.62. The molecule has 1 amide bonds. The topological polar surface area (TPSA) is 58.4 Å². The third kappa shape index (κ3) is 5.17. The van der Waals surface area contributed by atoms with Gasteiger partial charge in [-0.3, -0.25) is 4.79 Å².